The topological polar surface area (TPSA) is 88.8 Å². The average Bonchev–Trinajstić information content (AvgIpc) is 3.27. The smallest absolute Gasteiger partial charge is 0.225 e. The maximum Gasteiger partial charge on any atom is 0.225 e. The second-order valence-corrected chi connectivity index (χ2v) is 7.61. The fraction of sp³-hybridized carbons (Fsp3) is 0.611. The molecule has 1 fully saturated rings. The monoisotopic (exact) mass is 355 g/mol. The zero-order chi connectivity index (χ0) is 18.4. The molecule has 0 bridgehead atoms. The third-order valence-electron chi connectivity index (χ3n) is 5.65. The Morgan fingerprint density at radius 1 is 1.19 bits per heavy atom. The Morgan fingerprint density at radius 2 is 2.00 bits per heavy atom. The molecule has 1 N–H and O–H groups in total. The van der Waals surface area contributed by atoms with Crippen molar-refractivity contribution in [3.05, 3.63) is 29.1 Å². The molecule has 0 saturated carbocycles. The normalized spacial score (nSPS) is 24.8. The molecule has 8 heteroatoms. The van der Waals surface area contributed by atoms with Crippen LogP contribution in [0, 0.1) is 32.6 Å². The molecular formula is C18H25N7O. The molecule has 0 aromatic carbocycles. The third kappa shape index (κ3) is 2.93. The molecule has 2 aromatic rings. The van der Waals surface area contributed by atoms with Crippen LogP contribution in [0.15, 0.2) is 6.20 Å². The average molecular weight is 355 g/mol. The molecule has 138 valence electrons. The molecule has 1 amide bonds. The molecule has 2 aliphatic heterocycles. The van der Waals surface area contributed by atoms with Crippen LogP contribution in [0.5, 0.6) is 0 Å². The van der Waals surface area contributed by atoms with Crippen LogP contribution in [-0.4, -0.2) is 49.8 Å². The van der Waals surface area contributed by atoms with Crippen molar-refractivity contribution in [1.29, 1.82) is 0 Å². The first-order valence-corrected chi connectivity index (χ1v) is 9.16. The van der Waals surface area contributed by atoms with Gasteiger partial charge in [0.2, 0.25) is 11.9 Å². The van der Waals surface area contributed by atoms with Crippen molar-refractivity contribution < 1.29 is 4.79 Å². The molecule has 1 saturated heterocycles. The van der Waals surface area contributed by atoms with E-state index in [0.29, 0.717) is 18.9 Å². The minimum atomic E-state index is -0.0571. The molecule has 4 rings (SSSR count). The Morgan fingerprint density at radius 3 is 2.73 bits per heavy atom. The number of fused-ring (bicyclic) bond motifs is 1. The summed E-state index contributed by atoms with van der Waals surface area (Å²) in [5.74, 6) is 2.94. The summed E-state index contributed by atoms with van der Waals surface area (Å²) in [5, 5.41) is 11.5. The maximum atomic E-state index is 12.7. The first kappa shape index (κ1) is 16.9. The van der Waals surface area contributed by atoms with Crippen molar-refractivity contribution in [1.82, 2.24) is 30.0 Å². The van der Waals surface area contributed by atoms with Gasteiger partial charge < -0.3 is 14.8 Å². The van der Waals surface area contributed by atoms with Gasteiger partial charge in [0, 0.05) is 37.9 Å². The van der Waals surface area contributed by atoms with Gasteiger partial charge in [-0.1, -0.05) is 6.92 Å². The van der Waals surface area contributed by atoms with Crippen molar-refractivity contribution in [2.24, 2.45) is 11.8 Å². The summed E-state index contributed by atoms with van der Waals surface area (Å²) in [6.45, 7) is 10.4. The van der Waals surface area contributed by atoms with Crippen LogP contribution in [0.1, 0.15) is 29.8 Å². The Labute approximate surface area is 153 Å². The lowest BCUT2D eigenvalue weighted by atomic mass is 10.0. The number of carbonyl (C=O) groups is 1. The number of hydrogen-bond acceptors (Lipinski definition) is 6. The van der Waals surface area contributed by atoms with Gasteiger partial charge in [0.25, 0.3) is 0 Å². The van der Waals surface area contributed by atoms with E-state index in [-0.39, 0.29) is 17.9 Å². The van der Waals surface area contributed by atoms with Crippen molar-refractivity contribution in [3.8, 4) is 0 Å². The fourth-order valence-corrected chi connectivity index (χ4v) is 3.78. The SMILES string of the molecule is Cc1cnc(N2C[C@H](C)[C@H](NC(=O)C3Cc4nnc(C)n4C3)C2)nc1C. The highest BCUT2D eigenvalue weighted by molar-refractivity contribution is 5.79. The van der Waals surface area contributed by atoms with Crippen LogP contribution in [0.3, 0.4) is 0 Å². The molecule has 26 heavy (non-hydrogen) atoms. The summed E-state index contributed by atoms with van der Waals surface area (Å²) in [7, 11) is 0. The number of carbonyl (C=O) groups excluding carboxylic acids is 1. The van der Waals surface area contributed by atoms with Gasteiger partial charge in [0.1, 0.15) is 11.6 Å². The number of nitrogens with one attached hydrogen (secondary N) is 1. The molecule has 0 radical (unpaired) electrons. The van der Waals surface area contributed by atoms with Gasteiger partial charge >= 0.3 is 0 Å². The highest BCUT2D eigenvalue weighted by Crippen LogP contribution is 2.24. The van der Waals surface area contributed by atoms with Gasteiger partial charge in [-0.25, -0.2) is 9.97 Å². The predicted molar refractivity (Wildman–Crippen MR) is 96.8 cm³/mol. The third-order valence-corrected chi connectivity index (χ3v) is 5.65. The van der Waals surface area contributed by atoms with E-state index in [9.17, 15) is 4.79 Å². The van der Waals surface area contributed by atoms with Crippen LogP contribution < -0.4 is 10.2 Å². The van der Waals surface area contributed by atoms with Crippen LogP contribution in [0.4, 0.5) is 5.95 Å². The molecular weight excluding hydrogens is 330 g/mol. The van der Waals surface area contributed by atoms with Crippen molar-refractivity contribution in [2.75, 3.05) is 18.0 Å². The molecule has 4 heterocycles. The quantitative estimate of drug-likeness (QED) is 0.876. The number of nitrogens with zero attached hydrogens (tertiary/aromatic N) is 6. The minimum Gasteiger partial charge on any atom is -0.351 e. The standard InChI is InChI=1S/C18H25N7O/c1-10-6-19-18(20-12(10)3)24-7-11(2)15(9-24)21-17(26)14-5-16-23-22-13(4)25(16)8-14/h6,11,14-15H,5,7-9H2,1-4H3,(H,21,26)/t11-,14?,15+/m0/s1. The van der Waals surface area contributed by atoms with Gasteiger partial charge in [-0.3, -0.25) is 4.79 Å². The van der Waals surface area contributed by atoms with E-state index in [1.54, 1.807) is 0 Å². The molecule has 0 aliphatic carbocycles. The first-order chi connectivity index (χ1) is 12.4. The van der Waals surface area contributed by atoms with E-state index in [4.69, 9.17) is 0 Å². The number of rotatable bonds is 3. The molecule has 3 atom stereocenters. The van der Waals surface area contributed by atoms with E-state index in [1.807, 2.05) is 31.5 Å². The van der Waals surface area contributed by atoms with E-state index in [1.165, 1.54) is 0 Å². The number of hydrogen-bond donors (Lipinski definition) is 1. The lowest BCUT2D eigenvalue weighted by Crippen LogP contribution is -2.43. The van der Waals surface area contributed by atoms with E-state index in [2.05, 4.69) is 37.3 Å². The summed E-state index contributed by atoms with van der Waals surface area (Å²) in [6.07, 6.45) is 2.53. The van der Waals surface area contributed by atoms with Gasteiger partial charge in [-0.15, -0.1) is 10.2 Å². The van der Waals surface area contributed by atoms with Gasteiger partial charge in [0.15, 0.2) is 0 Å². The molecule has 0 spiro atoms. The van der Waals surface area contributed by atoms with Crippen molar-refractivity contribution >= 4 is 11.9 Å². The number of anilines is 1. The van der Waals surface area contributed by atoms with Gasteiger partial charge in [0.05, 0.1) is 12.0 Å². The Bertz CT molecular complexity index is 846. The maximum absolute atomic E-state index is 12.7. The highest BCUT2D eigenvalue weighted by Gasteiger charge is 2.36. The Hall–Kier alpha value is -2.51. The second kappa shape index (κ2) is 6.34. The van der Waals surface area contributed by atoms with E-state index >= 15 is 0 Å². The summed E-state index contributed by atoms with van der Waals surface area (Å²) < 4.78 is 2.04. The van der Waals surface area contributed by atoms with Crippen LogP contribution in [-0.2, 0) is 17.8 Å². The highest BCUT2D eigenvalue weighted by atomic mass is 16.2. The molecule has 2 aliphatic rings. The summed E-state index contributed by atoms with van der Waals surface area (Å²) in [5.41, 5.74) is 2.09. The molecule has 2 aromatic heterocycles. The Kier molecular flexibility index (Phi) is 4.13. The first-order valence-electron chi connectivity index (χ1n) is 9.16. The van der Waals surface area contributed by atoms with Crippen LogP contribution >= 0.6 is 0 Å². The van der Waals surface area contributed by atoms with Crippen LogP contribution in [0.2, 0.25) is 0 Å². The summed E-state index contributed by atoms with van der Waals surface area (Å²) in [6, 6.07) is 0.111. The minimum absolute atomic E-state index is 0.0571. The predicted octanol–water partition coefficient (Wildman–Crippen LogP) is 0.807. The van der Waals surface area contributed by atoms with Gasteiger partial charge in [-0.2, -0.15) is 0 Å². The Balaban J connectivity index is 1.39. The second-order valence-electron chi connectivity index (χ2n) is 7.61. The van der Waals surface area contributed by atoms with Gasteiger partial charge in [-0.05, 0) is 32.3 Å². The van der Waals surface area contributed by atoms with E-state index in [0.717, 1.165) is 41.9 Å². The molecule has 8 nitrogen and oxygen atoms in total. The number of amides is 1. The number of aryl methyl sites for hydroxylation is 3. The van der Waals surface area contributed by atoms with Crippen molar-refractivity contribution in [3.63, 3.8) is 0 Å². The summed E-state index contributed by atoms with van der Waals surface area (Å²) in [4.78, 5) is 24.0. The molecule has 1 unspecified atom stereocenters. The van der Waals surface area contributed by atoms with Crippen LogP contribution in [0.25, 0.3) is 0 Å². The largest absolute Gasteiger partial charge is 0.351 e. The van der Waals surface area contributed by atoms with Crippen molar-refractivity contribution in [2.45, 2.75) is 46.7 Å². The van der Waals surface area contributed by atoms with E-state index < -0.39 is 0 Å². The zero-order valence-corrected chi connectivity index (χ0v) is 15.7. The zero-order valence-electron chi connectivity index (χ0n) is 15.7. The lowest BCUT2D eigenvalue weighted by Gasteiger charge is -2.19. The summed E-state index contributed by atoms with van der Waals surface area (Å²) >= 11 is 0. The fourth-order valence-electron chi connectivity index (χ4n) is 3.78. The number of aromatic nitrogens is 5. The lowest BCUT2D eigenvalue weighted by molar-refractivity contribution is -0.125.